The highest BCUT2D eigenvalue weighted by molar-refractivity contribution is 7.10. The Kier molecular flexibility index (Phi) is 3.89. The summed E-state index contributed by atoms with van der Waals surface area (Å²) >= 11 is 1.51. The number of thiazole rings is 1. The zero-order valence-corrected chi connectivity index (χ0v) is 11.9. The molecular formula is C13H18N2O3S. The Morgan fingerprint density at radius 2 is 2.26 bits per heavy atom. The molecule has 0 saturated heterocycles. The lowest BCUT2D eigenvalue weighted by Gasteiger charge is -2.27. The summed E-state index contributed by atoms with van der Waals surface area (Å²) in [4.78, 5) is 27.3. The quantitative estimate of drug-likeness (QED) is 0.839. The minimum absolute atomic E-state index is 0.0884. The van der Waals surface area contributed by atoms with Crippen LogP contribution in [0.1, 0.15) is 60.9 Å². The van der Waals surface area contributed by atoms with E-state index in [1.807, 2.05) is 6.92 Å². The lowest BCUT2D eigenvalue weighted by Crippen LogP contribution is -2.47. The molecule has 19 heavy (non-hydrogen) atoms. The van der Waals surface area contributed by atoms with E-state index in [2.05, 4.69) is 10.3 Å². The predicted octanol–water partition coefficient (Wildman–Crippen LogP) is 2.39. The van der Waals surface area contributed by atoms with Crippen LogP contribution in [0, 0.1) is 0 Å². The summed E-state index contributed by atoms with van der Waals surface area (Å²) in [6.45, 7) is 3.60. The van der Waals surface area contributed by atoms with E-state index in [0.29, 0.717) is 18.0 Å². The number of aromatic nitrogens is 1. The maximum absolute atomic E-state index is 12.1. The Bertz CT molecular complexity index is 496. The average Bonchev–Trinajstić information content (AvgIpc) is 3.06. The smallest absolute Gasteiger partial charge is 0.305 e. The van der Waals surface area contributed by atoms with Crippen LogP contribution >= 0.6 is 11.3 Å². The largest absolute Gasteiger partial charge is 0.481 e. The fourth-order valence-electron chi connectivity index (χ4n) is 1.84. The molecule has 1 fully saturated rings. The molecule has 1 amide bonds. The summed E-state index contributed by atoms with van der Waals surface area (Å²) in [6.07, 6.45) is 2.78. The molecular weight excluding hydrogens is 264 g/mol. The highest BCUT2D eigenvalue weighted by Gasteiger charge is 2.30. The number of carboxylic acid groups (broad SMARTS) is 1. The van der Waals surface area contributed by atoms with Gasteiger partial charge in [0.05, 0.1) is 11.4 Å². The van der Waals surface area contributed by atoms with Gasteiger partial charge in [0.25, 0.3) is 5.91 Å². The summed E-state index contributed by atoms with van der Waals surface area (Å²) in [5.74, 6) is -0.668. The minimum Gasteiger partial charge on any atom is -0.481 e. The monoisotopic (exact) mass is 282 g/mol. The van der Waals surface area contributed by atoms with Gasteiger partial charge >= 0.3 is 5.97 Å². The van der Waals surface area contributed by atoms with E-state index in [1.165, 1.54) is 11.3 Å². The van der Waals surface area contributed by atoms with E-state index in [4.69, 9.17) is 5.11 Å². The van der Waals surface area contributed by atoms with Crippen LogP contribution in [-0.2, 0) is 4.79 Å². The van der Waals surface area contributed by atoms with E-state index < -0.39 is 11.5 Å². The maximum atomic E-state index is 12.1. The van der Waals surface area contributed by atoms with Crippen molar-refractivity contribution < 1.29 is 14.7 Å². The van der Waals surface area contributed by atoms with Crippen molar-refractivity contribution in [2.75, 3.05) is 0 Å². The SMILES string of the molecule is CC[C@@](C)(CC(=O)O)NC(=O)c1csc(C2CC2)n1. The molecule has 104 valence electrons. The second kappa shape index (κ2) is 5.28. The van der Waals surface area contributed by atoms with Crippen LogP contribution in [0.5, 0.6) is 0 Å². The third-order valence-electron chi connectivity index (χ3n) is 3.42. The van der Waals surface area contributed by atoms with Gasteiger partial charge in [-0.3, -0.25) is 9.59 Å². The molecule has 1 aromatic heterocycles. The molecule has 1 aromatic rings. The minimum atomic E-state index is -0.915. The van der Waals surface area contributed by atoms with Crippen molar-refractivity contribution in [3.05, 3.63) is 16.1 Å². The molecule has 0 aromatic carbocycles. The van der Waals surface area contributed by atoms with Gasteiger partial charge in [0.1, 0.15) is 5.69 Å². The van der Waals surface area contributed by atoms with Crippen molar-refractivity contribution in [2.24, 2.45) is 0 Å². The molecule has 5 nitrogen and oxygen atoms in total. The van der Waals surface area contributed by atoms with Crippen LogP contribution in [0.2, 0.25) is 0 Å². The molecule has 1 aliphatic carbocycles. The van der Waals surface area contributed by atoms with Crippen LogP contribution in [-0.4, -0.2) is 27.5 Å². The summed E-state index contributed by atoms with van der Waals surface area (Å²) in [6, 6.07) is 0. The molecule has 2 N–H and O–H groups in total. The fraction of sp³-hybridized carbons (Fsp3) is 0.615. The van der Waals surface area contributed by atoms with Gasteiger partial charge in [0.15, 0.2) is 0 Å². The van der Waals surface area contributed by atoms with Gasteiger partial charge in [0, 0.05) is 16.8 Å². The zero-order chi connectivity index (χ0) is 14.0. The van der Waals surface area contributed by atoms with E-state index in [0.717, 1.165) is 17.8 Å². The van der Waals surface area contributed by atoms with Gasteiger partial charge in [-0.1, -0.05) is 6.92 Å². The van der Waals surface area contributed by atoms with Crippen LogP contribution in [0.25, 0.3) is 0 Å². The van der Waals surface area contributed by atoms with Crippen LogP contribution < -0.4 is 5.32 Å². The summed E-state index contributed by atoms with van der Waals surface area (Å²) in [7, 11) is 0. The number of nitrogens with zero attached hydrogens (tertiary/aromatic N) is 1. The summed E-state index contributed by atoms with van der Waals surface area (Å²) < 4.78 is 0. The average molecular weight is 282 g/mol. The Morgan fingerprint density at radius 1 is 1.58 bits per heavy atom. The zero-order valence-electron chi connectivity index (χ0n) is 11.1. The van der Waals surface area contributed by atoms with E-state index in [9.17, 15) is 9.59 Å². The molecule has 1 atom stereocenters. The molecule has 0 bridgehead atoms. The molecule has 1 saturated carbocycles. The van der Waals surface area contributed by atoms with Crippen molar-refractivity contribution in [3.8, 4) is 0 Å². The number of carboxylic acids is 1. The number of nitrogens with one attached hydrogen (secondary N) is 1. The predicted molar refractivity (Wildman–Crippen MR) is 72.5 cm³/mol. The van der Waals surface area contributed by atoms with Gasteiger partial charge in [-0.15, -0.1) is 11.3 Å². The Balaban J connectivity index is 2.03. The summed E-state index contributed by atoms with van der Waals surface area (Å²) in [5.41, 5.74) is -0.330. The molecule has 6 heteroatoms. The molecule has 0 aliphatic heterocycles. The van der Waals surface area contributed by atoms with Gasteiger partial charge in [-0.05, 0) is 26.2 Å². The lowest BCUT2D eigenvalue weighted by molar-refractivity contribution is -0.138. The molecule has 1 heterocycles. The highest BCUT2D eigenvalue weighted by atomic mass is 32.1. The maximum Gasteiger partial charge on any atom is 0.305 e. The van der Waals surface area contributed by atoms with E-state index >= 15 is 0 Å². The van der Waals surface area contributed by atoms with Gasteiger partial charge in [0.2, 0.25) is 0 Å². The first kappa shape index (κ1) is 14.0. The van der Waals surface area contributed by atoms with Crippen LogP contribution in [0.4, 0.5) is 0 Å². The van der Waals surface area contributed by atoms with Crippen LogP contribution in [0.3, 0.4) is 0 Å². The highest BCUT2D eigenvalue weighted by Crippen LogP contribution is 2.41. The third kappa shape index (κ3) is 3.53. The second-order valence-corrected chi connectivity index (χ2v) is 6.17. The second-order valence-electron chi connectivity index (χ2n) is 5.28. The normalized spacial score (nSPS) is 17.8. The Morgan fingerprint density at radius 3 is 2.79 bits per heavy atom. The van der Waals surface area contributed by atoms with Crippen molar-refractivity contribution in [1.29, 1.82) is 0 Å². The lowest BCUT2D eigenvalue weighted by atomic mass is 9.94. The summed E-state index contributed by atoms with van der Waals surface area (Å²) in [5, 5.41) is 14.4. The number of hydrogen-bond acceptors (Lipinski definition) is 4. The first-order valence-corrected chi connectivity index (χ1v) is 7.31. The van der Waals surface area contributed by atoms with E-state index in [1.54, 1.807) is 12.3 Å². The Hall–Kier alpha value is -1.43. The number of carbonyl (C=O) groups is 2. The third-order valence-corrected chi connectivity index (χ3v) is 4.43. The number of hydrogen-bond donors (Lipinski definition) is 2. The molecule has 0 unspecified atom stereocenters. The fourth-order valence-corrected chi connectivity index (χ4v) is 2.81. The van der Waals surface area contributed by atoms with Crippen molar-refractivity contribution in [2.45, 2.75) is 51.0 Å². The molecule has 0 radical (unpaired) electrons. The first-order chi connectivity index (χ1) is 8.93. The van der Waals surface area contributed by atoms with E-state index in [-0.39, 0.29) is 12.3 Å². The number of amides is 1. The topological polar surface area (TPSA) is 79.3 Å². The molecule has 2 rings (SSSR count). The number of carbonyl (C=O) groups excluding carboxylic acids is 1. The van der Waals surface area contributed by atoms with Crippen molar-refractivity contribution >= 4 is 23.2 Å². The number of aliphatic carboxylic acids is 1. The van der Waals surface area contributed by atoms with Crippen molar-refractivity contribution in [3.63, 3.8) is 0 Å². The van der Waals surface area contributed by atoms with Gasteiger partial charge in [-0.25, -0.2) is 4.98 Å². The first-order valence-electron chi connectivity index (χ1n) is 6.43. The molecule has 1 aliphatic rings. The van der Waals surface area contributed by atoms with Gasteiger partial charge in [-0.2, -0.15) is 0 Å². The van der Waals surface area contributed by atoms with Gasteiger partial charge < -0.3 is 10.4 Å². The standard InChI is InChI=1S/C13H18N2O3S/c1-3-13(2,6-10(16)17)15-11(18)9-7-19-12(14-9)8-4-5-8/h7-8H,3-6H2,1-2H3,(H,15,18)(H,16,17)/t13-/m0/s1. The van der Waals surface area contributed by atoms with Crippen LogP contribution in [0.15, 0.2) is 5.38 Å². The van der Waals surface area contributed by atoms with Crippen molar-refractivity contribution in [1.82, 2.24) is 10.3 Å². The number of rotatable bonds is 6. The Labute approximate surface area is 116 Å². The molecule has 0 spiro atoms.